The van der Waals surface area contributed by atoms with E-state index in [2.05, 4.69) is 41.8 Å². The van der Waals surface area contributed by atoms with Crippen molar-refractivity contribution in [2.24, 2.45) is 0 Å². The molecule has 98 valence electrons. The van der Waals surface area contributed by atoms with Gasteiger partial charge in [-0.2, -0.15) is 5.10 Å². The number of ether oxygens (including phenoxy) is 1. The molecule has 2 aromatic rings. The smallest absolute Gasteiger partial charge is 0.157 e. The van der Waals surface area contributed by atoms with E-state index in [9.17, 15) is 0 Å². The second-order valence-electron chi connectivity index (χ2n) is 4.07. The summed E-state index contributed by atoms with van der Waals surface area (Å²) >= 11 is 1.78. The molecule has 0 amide bonds. The van der Waals surface area contributed by atoms with Gasteiger partial charge in [-0.3, -0.25) is 4.68 Å². The van der Waals surface area contributed by atoms with E-state index in [1.54, 1.807) is 17.5 Å². The summed E-state index contributed by atoms with van der Waals surface area (Å²) in [7, 11) is 0. The molecule has 2 rings (SSSR count). The lowest BCUT2D eigenvalue weighted by Crippen LogP contribution is -2.23. The van der Waals surface area contributed by atoms with Crippen LogP contribution in [-0.4, -0.2) is 22.9 Å². The van der Waals surface area contributed by atoms with Crippen LogP contribution in [0.25, 0.3) is 0 Å². The molecule has 0 aromatic carbocycles. The Labute approximate surface area is 112 Å². The zero-order valence-corrected chi connectivity index (χ0v) is 11.6. The molecule has 1 unspecified atom stereocenters. The van der Waals surface area contributed by atoms with Gasteiger partial charge in [0.1, 0.15) is 6.61 Å². The van der Waals surface area contributed by atoms with E-state index in [1.165, 1.54) is 4.88 Å². The number of aryl methyl sites for hydroxylation is 1. The van der Waals surface area contributed by atoms with E-state index < -0.39 is 0 Å². The molecule has 0 saturated heterocycles. The van der Waals surface area contributed by atoms with Crippen LogP contribution in [0.15, 0.2) is 29.9 Å². The molecule has 5 heteroatoms. The molecule has 0 fully saturated rings. The SMILES string of the molecule is CCn1cc(OCCNC(C)c2cccs2)cn1. The van der Waals surface area contributed by atoms with E-state index >= 15 is 0 Å². The van der Waals surface area contributed by atoms with Crippen LogP contribution in [0.3, 0.4) is 0 Å². The second-order valence-corrected chi connectivity index (χ2v) is 5.05. The maximum Gasteiger partial charge on any atom is 0.157 e. The molecule has 0 radical (unpaired) electrons. The fraction of sp³-hybridized carbons (Fsp3) is 0.462. The van der Waals surface area contributed by atoms with Crippen LogP contribution in [0.4, 0.5) is 0 Å². The summed E-state index contributed by atoms with van der Waals surface area (Å²) in [5.74, 6) is 0.836. The first-order valence-corrected chi connectivity index (χ1v) is 7.09. The van der Waals surface area contributed by atoms with Crippen molar-refractivity contribution >= 4 is 11.3 Å². The van der Waals surface area contributed by atoms with Gasteiger partial charge < -0.3 is 10.1 Å². The topological polar surface area (TPSA) is 39.1 Å². The van der Waals surface area contributed by atoms with Crippen LogP contribution in [0, 0.1) is 0 Å². The first kappa shape index (κ1) is 13.1. The number of aromatic nitrogens is 2. The van der Waals surface area contributed by atoms with Gasteiger partial charge in [0.05, 0.1) is 12.4 Å². The minimum absolute atomic E-state index is 0.381. The molecule has 0 bridgehead atoms. The Balaban J connectivity index is 1.67. The maximum absolute atomic E-state index is 5.61. The summed E-state index contributed by atoms with van der Waals surface area (Å²) < 4.78 is 7.47. The predicted octanol–water partition coefficient (Wildman–Crippen LogP) is 2.69. The third-order valence-electron chi connectivity index (χ3n) is 2.72. The highest BCUT2D eigenvalue weighted by Gasteiger charge is 2.05. The molecule has 0 aliphatic rings. The zero-order valence-electron chi connectivity index (χ0n) is 10.8. The molecule has 0 spiro atoms. The van der Waals surface area contributed by atoms with Gasteiger partial charge in [0.2, 0.25) is 0 Å². The highest BCUT2D eigenvalue weighted by Crippen LogP contribution is 2.17. The van der Waals surface area contributed by atoms with Gasteiger partial charge in [0.25, 0.3) is 0 Å². The summed E-state index contributed by atoms with van der Waals surface area (Å²) in [6.45, 7) is 6.58. The van der Waals surface area contributed by atoms with Gasteiger partial charge in [-0.25, -0.2) is 0 Å². The first-order valence-electron chi connectivity index (χ1n) is 6.21. The fourth-order valence-corrected chi connectivity index (χ4v) is 2.43. The van der Waals surface area contributed by atoms with Crippen LogP contribution >= 0.6 is 11.3 Å². The van der Waals surface area contributed by atoms with E-state index in [4.69, 9.17) is 4.74 Å². The van der Waals surface area contributed by atoms with Crippen molar-refractivity contribution in [3.8, 4) is 5.75 Å². The van der Waals surface area contributed by atoms with Crippen molar-refractivity contribution in [2.45, 2.75) is 26.4 Å². The third-order valence-corrected chi connectivity index (χ3v) is 3.78. The molecule has 2 aromatic heterocycles. The molecular formula is C13H19N3OS. The van der Waals surface area contributed by atoms with E-state index in [-0.39, 0.29) is 0 Å². The summed E-state index contributed by atoms with van der Waals surface area (Å²) in [6.07, 6.45) is 3.68. The van der Waals surface area contributed by atoms with Gasteiger partial charge in [0.15, 0.2) is 5.75 Å². The fourth-order valence-electron chi connectivity index (χ4n) is 1.67. The van der Waals surface area contributed by atoms with Crippen molar-refractivity contribution in [1.29, 1.82) is 0 Å². The van der Waals surface area contributed by atoms with Gasteiger partial charge in [-0.1, -0.05) is 6.07 Å². The minimum atomic E-state index is 0.381. The Kier molecular flexibility index (Phi) is 4.78. The summed E-state index contributed by atoms with van der Waals surface area (Å²) in [5, 5.41) is 9.70. The van der Waals surface area contributed by atoms with Gasteiger partial charge in [0, 0.05) is 24.0 Å². The number of hydrogen-bond acceptors (Lipinski definition) is 4. The van der Waals surface area contributed by atoms with Crippen LogP contribution in [0.1, 0.15) is 24.8 Å². The lowest BCUT2D eigenvalue weighted by Gasteiger charge is -2.11. The van der Waals surface area contributed by atoms with Crippen molar-refractivity contribution in [3.05, 3.63) is 34.8 Å². The molecule has 18 heavy (non-hydrogen) atoms. The van der Waals surface area contributed by atoms with E-state index in [1.807, 2.05) is 10.9 Å². The maximum atomic E-state index is 5.61. The Hall–Kier alpha value is -1.33. The number of hydrogen-bond donors (Lipinski definition) is 1. The lowest BCUT2D eigenvalue weighted by molar-refractivity contribution is 0.307. The Morgan fingerprint density at radius 2 is 2.44 bits per heavy atom. The summed E-state index contributed by atoms with van der Waals surface area (Å²) in [6, 6.07) is 4.61. The molecular weight excluding hydrogens is 246 g/mol. The Morgan fingerprint density at radius 1 is 1.56 bits per heavy atom. The quantitative estimate of drug-likeness (QED) is 0.782. The van der Waals surface area contributed by atoms with Gasteiger partial charge in [-0.05, 0) is 25.3 Å². The number of nitrogens with zero attached hydrogens (tertiary/aromatic N) is 2. The van der Waals surface area contributed by atoms with Gasteiger partial charge in [-0.15, -0.1) is 11.3 Å². The van der Waals surface area contributed by atoms with Crippen LogP contribution in [0.2, 0.25) is 0 Å². The van der Waals surface area contributed by atoms with E-state index in [0.717, 1.165) is 18.8 Å². The van der Waals surface area contributed by atoms with E-state index in [0.29, 0.717) is 12.6 Å². The number of thiophene rings is 1. The summed E-state index contributed by atoms with van der Waals surface area (Å²) in [4.78, 5) is 1.36. The minimum Gasteiger partial charge on any atom is -0.489 e. The van der Waals surface area contributed by atoms with Crippen molar-refractivity contribution < 1.29 is 4.74 Å². The predicted molar refractivity (Wildman–Crippen MR) is 74.1 cm³/mol. The Bertz CT molecular complexity index is 453. The number of nitrogens with one attached hydrogen (secondary N) is 1. The molecule has 1 N–H and O–H groups in total. The number of rotatable bonds is 7. The molecule has 2 heterocycles. The molecule has 0 aliphatic heterocycles. The molecule has 4 nitrogen and oxygen atoms in total. The largest absolute Gasteiger partial charge is 0.489 e. The average Bonchev–Trinajstić information content (AvgIpc) is 3.05. The van der Waals surface area contributed by atoms with Crippen LogP contribution < -0.4 is 10.1 Å². The van der Waals surface area contributed by atoms with Crippen molar-refractivity contribution in [2.75, 3.05) is 13.2 Å². The third kappa shape index (κ3) is 3.58. The van der Waals surface area contributed by atoms with Gasteiger partial charge >= 0.3 is 0 Å². The Morgan fingerprint density at radius 3 is 3.11 bits per heavy atom. The normalized spacial score (nSPS) is 12.6. The zero-order chi connectivity index (χ0) is 12.8. The monoisotopic (exact) mass is 265 g/mol. The standard InChI is InChI=1S/C13H19N3OS/c1-3-16-10-12(9-15-16)17-7-6-14-11(2)13-5-4-8-18-13/h4-5,8-11,14H,3,6-7H2,1-2H3. The van der Waals surface area contributed by atoms with Crippen LogP contribution in [-0.2, 0) is 6.54 Å². The molecule has 0 saturated carbocycles. The molecule has 0 aliphatic carbocycles. The first-order chi connectivity index (χ1) is 8.79. The average molecular weight is 265 g/mol. The highest BCUT2D eigenvalue weighted by molar-refractivity contribution is 7.10. The highest BCUT2D eigenvalue weighted by atomic mass is 32.1. The second kappa shape index (κ2) is 6.56. The van der Waals surface area contributed by atoms with Crippen LogP contribution in [0.5, 0.6) is 5.75 Å². The lowest BCUT2D eigenvalue weighted by atomic mass is 10.3. The summed E-state index contributed by atoms with van der Waals surface area (Å²) in [5.41, 5.74) is 0. The van der Waals surface area contributed by atoms with Crippen molar-refractivity contribution in [1.82, 2.24) is 15.1 Å². The van der Waals surface area contributed by atoms with Crippen molar-refractivity contribution in [3.63, 3.8) is 0 Å². The molecule has 1 atom stereocenters.